The van der Waals surface area contributed by atoms with Crippen molar-refractivity contribution >= 4 is 11.0 Å². The van der Waals surface area contributed by atoms with Crippen molar-refractivity contribution < 1.29 is 9.47 Å². The smallest absolute Gasteiger partial charge is 0.231 e. The Morgan fingerprint density at radius 2 is 1.67 bits per heavy atom. The van der Waals surface area contributed by atoms with Crippen molar-refractivity contribution in [2.24, 2.45) is 0 Å². The molecule has 1 aromatic heterocycles. The van der Waals surface area contributed by atoms with E-state index in [9.17, 15) is 0 Å². The molecule has 0 radical (unpaired) electrons. The zero-order valence-corrected chi connectivity index (χ0v) is 14.8. The molecule has 0 amide bonds. The lowest BCUT2D eigenvalue weighted by molar-refractivity contribution is 0.174. The van der Waals surface area contributed by atoms with Crippen LogP contribution < -0.4 is 9.47 Å². The van der Waals surface area contributed by atoms with Crippen LogP contribution in [0.3, 0.4) is 0 Å². The number of ether oxygens (including phenoxy) is 2. The Kier molecular flexibility index (Phi) is 3.09. The van der Waals surface area contributed by atoms with Gasteiger partial charge < -0.3 is 14.0 Å². The molecule has 0 saturated heterocycles. The maximum atomic E-state index is 5.54. The van der Waals surface area contributed by atoms with E-state index in [0.717, 1.165) is 35.4 Å². The Balaban J connectivity index is 1.49. The predicted octanol–water partition coefficient (Wildman–Crippen LogP) is 4.97. The predicted molar refractivity (Wildman–Crippen MR) is 104 cm³/mol. The van der Waals surface area contributed by atoms with Gasteiger partial charge in [-0.15, -0.1) is 0 Å². The number of aryl methyl sites for hydroxylation is 1. The average molecular weight is 354 g/mol. The van der Waals surface area contributed by atoms with Crippen LogP contribution in [-0.4, -0.2) is 16.3 Å². The van der Waals surface area contributed by atoms with Crippen LogP contribution in [0.5, 0.6) is 11.5 Å². The third-order valence-corrected chi connectivity index (χ3v) is 5.61. The lowest BCUT2D eigenvalue weighted by Gasteiger charge is -2.15. The summed E-state index contributed by atoms with van der Waals surface area (Å²) in [4.78, 5) is 4.88. The van der Waals surface area contributed by atoms with Gasteiger partial charge in [0, 0.05) is 6.42 Å². The van der Waals surface area contributed by atoms with Crippen molar-refractivity contribution in [2.45, 2.75) is 18.9 Å². The number of aromatic nitrogens is 2. The summed E-state index contributed by atoms with van der Waals surface area (Å²) in [6.07, 6.45) is 2.13. The van der Waals surface area contributed by atoms with Gasteiger partial charge >= 0.3 is 0 Å². The van der Waals surface area contributed by atoms with Crippen LogP contribution in [0.4, 0.5) is 0 Å². The molecule has 0 fully saturated rings. The van der Waals surface area contributed by atoms with E-state index in [2.05, 4.69) is 65.2 Å². The fourth-order valence-electron chi connectivity index (χ4n) is 4.31. The minimum absolute atomic E-state index is 0.298. The molecule has 27 heavy (non-hydrogen) atoms. The van der Waals surface area contributed by atoms with E-state index in [4.69, 9.17) is 14.5 Å². The van der Waals surface area contributed by atoms with E-state index in [0.29, 0.717) is 12.8 Å². The standard InChI is InChI=1S/C23H18N2O2/c1-2-4-15(5-3-1)19-9-11-23-24-18-8-6-16(12-20(18)25(19)23)17-7-10-21-22(13-17)27-14-26-21/h1-8,10,12-13,19H,9,11,14H2. The minimum atomic E-state index is 0.298. The summed E-state index contributed by atoms with van der Waals surface area (Å²) >= 11 is 0. The van der Waals surface area contributed by atoms with E-state index in [1.807, 2.05) is 6.07 Å². The fraction of sp³-hybridized carbons (Fsp3) is 0.174. The molecule has 4 nitrogen and oxygen atoms in total. The van der Waals surface area contributed by atoms with Gasteiger partial charge in [0.25, 0.3) is 0 Å². The van der Waals surface area contributed by atoms with Crippen molar-refractivity contribution in [1.82, 2.24) is 9.55 Å². The molecular formula is C23H18N2O2. The first-order valence-electron chi connectivity index (χ1n) is 9.33. The van der Waals surface area contributed by atoms with Gasteiger partial charge in [-0.1, -0.05) is 42.5 Å². The molecule has 0 bridgehead atoms. The number of fused-ring (bicyclic) bond motifs is 4. The van der Waals surface area contributed by atoms with Crippen LogP contribution >= 0.6 is 0 Å². The summed E-state index contributed by atoms with van der Waals surface area (Å²) in [5.41, 5.74) is 5.92. The van der Waals surface area contributed by atoms with Gasteiger partial charge in [-0.25, -0.2) is 4.98 Å². The van der Waals surface area contributed by atoms with Crippen LogP contribution in [-0.2, 0) is 6.42 Å². The van der Waals surface area contributed by atoms with Crippen molar-refractivity contribution in [2.75, 3.05) is 6.79 Å². The second kappa shape index (κ2) is 5.61. The lowest BCUT2D eigenvalue weighted by Crippen LogP contribution is -2.05. The van der Waals surface area contributed by atoms with E-state index in [1.165, 1.54) is 22.5 Å². The van der Waals surface area contributed by atoms with Gasteiger partial charge in [0.15, 0.2) is 11.5 Å². The first-order valence-corrected chi connectivity index (χ1v) is 9.33. The van der Waals surface area contributed by atoms with Gasteiger partial charge in [-0.05, 0) is 47.4 Å². The summed E-state index contributed by atoms with van der Waals surface area (Å²) in [5.74, 6) is 2.81. The number of hydrogen-bond acceptors (Lipinski definition) is 3. The normalized spacial score (nSPS) is 17.4. The maximum Gasteiger partial charge on any atom is 0.231 e. The number of nitrogens with zero attached hydrogens (tertiary/aromatic N) is 2. The van der Waals surface area contributed by atoms with Gasteiger partial charge in [0.2, 0.25) is 6.79 Å². The van der Waals surface area contributed by atoms with E-state index >= 15 is 0 Å². The van der Waals surface area contributed by atoms with Crippen LogP contribution in [0, 0.1) is 0 Å². The largest absolute Gasteiger partial charge is 0.454 e. The molecule has 2 aliphatic rings. The monoisotopic (exact) mass is 354 g/mol. The summed E-state index contributed by atoms with van der Waals surface area (Å²) in [5, 5.41) is 0. The average Bonchev–Trinajstić information content (AvgIpc) is 3.42. The molecule has 0 spiro atoms. The third kappa shape index (κ3) is 2.26. The van der Waals surface area contributed by atoms with E-state index in [-0.39, 0.29) is 0 Å². The molecule has 6 rings (SSSR count). The Labute approximate surface area is 157 Å². The highest BCUT2D eigenvalue weighted by molar-refractivity contribution is 5.83. The molecule has 2 aliphatic heterocycles. The molecule has 0 saturated carbocycles. The van der Waals surface area contributed by atoms with Crippen molar-refractivity contribution in [1.29, 1.82) is 0 Å². The highest BCUT2D eigenvalue weighted by atomic mass is 16.7. The Hall–Kier alpha value is -3.27. The quantitative estimate of drug-likeness (QED) is 0.510. The van der Waals surface area contributed by atoms with Crippen LogP contribution in [0.2, 0.25) is 0 Å². The first kappa shape index (κ1) is 14.9. The second-order valence-electron chi connectivity index (χ2n) is 7.13. The fourth-order valence-corrected chi connectivity index (χ4v) is 4.31. The summed E-state index contributed by atoms with van der Waals surface area (Å²) in [6.45, 7) is 0.298. The SMILES string of the molecule is c1ccc(C2CCc3nc4ccc(-c5ccc6c(c5)OCO6)cc4n32)cc1. The summed E-state index contributed by atoms with van der Waals surface area (Å²) in [7, 11) is 0. The molecule has 1 unspecified atom stereocenters. The molecular weight excluding hydrogens is 336 g/mol. The molecule has 132 valence electrons. The number of benzene rings is 3. The molecule has 3 heterocycles. The molecule has 4 aromatic rings. The van der Waals surface area contributed by atoms with Crippen molar-refractivity contribution in [3.63, 3.8) is 0 Å². The van der Waals surface area contributed by atoms with Gasteiger partial charge in [-0.3, -0.25) is 0 Å². The van der Waals surface area contributed by atoms with Crippen LogP contribution in [0.1, 0.15) is 23.9 Å². The zero-order valence-electron chi connectivity index (χ0n) is 14.8. The van der Waals surface area contributed by atoms with E-state index < -0.39 is 0 Å². The Morgan fingerprint density at radius 1 is 0.852 bits per heavy atom. The molecule has 1 atom stereocenters. The Morgan fingerprint density at radius 3 is 2.59 bits per heavy atom. The Bertz CT molecular complexity index is 1160. The molecule has 0 aliphatic carbocycles. The molecule has 4 heteroatoms. The van der Waals surface area contributed by atoms with Gasteiger partial charge in [0.05, 0.1) is 17.1 Å². The topological polar surface area (TPSA) is 36.3 Å². The number of imidazole rings is 1. The third-order valence-electron chi connectivity index (χ3n) is 5.61. The lowest BCUT2D eigenvalue weighted by atomic mass is 10.0. The highest BCUT2D eigenvalue weighted by Gasteiger charge is 2.27. The first-order chi connectivity index (χ1) is 13.4. The van der Waals surface area contributed by atoms with Gasteiger partial charge in [0.1, 0.15) is 5.82 Å². The maximum absolute atomic E-state index is 5.54. The summed E-state index contributed by atoms with van der Waals surface area (Å²) < 4.78 is 13.4. The molecule has 3 aromatic carbocycles. The number of hydrogen-bond donors (Lipinski definition) is 0. The number of rotatable bonds is 2. The second-order valence-corrected chi connectivity index (χ2v) is 7.13. The van der Waals surface area contributed by atoms with E-state index in [1.54, 1.807) is 0 Å². The van der Waals surface area contributed by atoms with Crippen LogP contribution in [0.15, 0.2) is 66.7 Å². The minimum Gasteiger partial charge on any atom is -0.454 e. The molecule has 0 N–H and O–H groups in total. The van der Waals surface area contributed by atoms with Crippen molar-refractivity contribution in [3.05, 3.63) is 78.1 Å². The zero-order chi connectivity index (χ0) is 17.8. The van der Waals surface area contributed by atoms with Gasteiger partial charge in [-0.2, -0.15) is 0 Å². The van der Waals surface area contributed by atoms with Crippen molar-refractivity contribution in [3.8, 4) is 22.6 Å². The van der Waals surface area contributed by atoms with Crippen LogP contribution in [0.25, 0.3) is 22.2 Å². The highest BCUT2D eigenvalue weighted by Crippen LogP contribution is 2.39. The summed E-state index contributed by atoms with van der Waals surface area (Å²) in [6, 6.07) is 23.7.